The number of hydrogen-bond acceptors (Lipinski definition) is 4. The summed E-state index contributed by atoms with van der Waals surface area (Å²) in [7, 11) is 1.92. The first-order valence-corrected chi connectivity index (χ1v) is 7.50. The van der Waals surface area contributed by atoms with Crippen LogP contribution in [-0.4, -0.2) is 30.5 Å². The average Bonchev–Trinajstić information content (AvgIpc) is 2.81. The standard InChI is InChI=1S/C14H23N5O/c1-3-9-12-13(18(2)17-9)19(14(15)16-12)10-7-5-4-6-8-11(10)20/h10-11,20H,3-8H2,1-2H3,(H2,15,16). The fourth-order valence-electron chi connectivity index (χ4n) is 3.35. The molecule has 110 valence electrons. The minimum atomic E-state index is -0.350. The molecule has 20 heavy (non-hydrogen) atoms. The molecule has 0 amide bonds. The fraction of sp³-hybridized carbons (Fsp3) is 0.714. The van der Waals surface area contributed by atoms with Crippen LogP contribution in [0.5, 0.6) is 0 Å². The lowest BCUT2D eigenvalue weighted by molar-refractivity contribution is 0.108. The lowest BCUT2D eigenvalue weighted by Crippen LogP contribution is -2.25. The Morgan fingerprint density at radius 2 is 2.05 bits per heavy atom. The number of rotatable bonds is 2. The van der Waals surface area contributed by atoms with Crippen LogP contribution in [0.4, 0.5) is 5.95 Å². The van der Waals surface area contributed by atoms with Crippen LogP contribution in [0, 0.1) is 0 Å². The molecule has 2 heterocycles. The summed E-state index contributed by atoms with van der Waals surface area (Å²) in [6, 6.07) is 0.0163. The number of anilines is 1. The van der Waals surface area contributed by atoms with Gasteiger partial charge >= 0.3 is 0 Å². The predicted molar refractivity (Wildman–Crippen MR) is 78.4 cm³/mol. The highest BCUT2D eigenvalue weighted by Gasteiger charge is 2.28. The molecule has 0 radical (unpaired) electrons. The highest BCUT2D eigenvalue weighted by Crippen LogP contribution is 2.33. The van der Waals surface area contributed by atoms with Crippen molar-refractivity contribution in [3.05, 3.63) is 5.69 Å². The summed E-state index contributed by atoms with van der Waals surface area (Å²) in [5.74, 6) is 0.494. The number of aliphatic hydroxyl groups excluding tert-OH is 1. The smallest absolute Gasteiger partial charge is 0.202 e. The number of nitrogen functional groups attached to an aromatic ring is 1. The molecular formula is C14H23N5O. The Morgan fingerprint density at radius 3 is 2.80 bits per heavy atom. The molecule has 0 spiro atoms. The van der Waals surface area contributed by atoms with E-state index in [9.17, 15) is 5.11 Å². The summed E-state index contributed by atoms with van der Waals surface area (Å²) in [6.45, 7) is 2.07. The van der Waals surface area contributed by atoms with E-state index in [1.54, 1.807) is 0 Å². The van der Waals surface area contributed by atoms with Gasteiger partial charge in [-0.2, -0.15) is 5.10 Å². The van der Waals surface area contributed by atoms with E-state index < -0.39 is 0 Å². The van der Waals surface area contributed by atoms with E-state index in [-0.39, 0.29) is 12.1 Å². The molecule has 0 aromatic carbocycles. The van der Waals surface area contributed by atoms with Gasteiger partial charge in [-0.25, -0.2) is 4.98 Å². The van der Waals surface area contributed by atoms with Gasteiger partial charge < -0.3 is 10.8 Å². The lowest BCUT2D eigenvalue weighted by Gasteiger charge is -2.23. The van der Waals surface area contributed by atoms with Gasteiger partial charge in [-0.05, 0) is 19.3 Å². The van der Waals surface area contributed by atoms with Crippen LogP contribution < -0.4 is 5.73 Å². The summed E-state index contributed by atoms with van der Waals surface area (Å²) in [6.07, 6.45) is 5.65. The van der Waals surface area contributed by atoms with E-state index in [0.29, 0.717) is 5.95 Å². The zero-order valence-electron chi connectivity index (χ0n) is 12.2. The number of aryl methyl sites for hydroxylation is 2. The molecule has 2 aromatic rings. The zero-order chi connectivity index (χ0) is 14.3. The van der Waals surface area contributed by atoms with Gasteiger partial charge in [0.2, 0.25) is 5.95 Å². The second kappa shape index (κ2) is 5.09. The van der Waals surface area contributed by atoms with E-state index >= 15 is 0 Å². The van der Waals surface area contributed by atoms with Crippen LogP contribution >= 0.6 is 0 Å². The third-order valence-corrected chi connectivity index (χ3v) is 4.37. The monoisotopic (exact) mass is 277 g/mol. The SMILES string of the molecule is CCc1nn(C)c2c1nc(N)n2C1CCCCCC1O. The normalized spacial score (nSPS) is 24.1. The van der Waals surface area contributed by atoms with Crippen LogP contribution in [0.2, 0.25) is 0 Å². The van der Waals surface area contributed by atoms with Gasteiger partial charge in [0.05, 0.1) is 17.8 Å². The Morgan fingerprint density at radius 1 is 1.30 bits per heavy atom. The summed E-state index contributed by atoms with van der Waals surface area (Å²) >= 11 is 0. The second-order valence-corrected chi connectivity index (χ2v) is 5.71. The Labute approximate surface area is 118 Å². The molecule has 0 saturated heterocycles. The highest BCUT2D eigenvalue weighted by molar-refractivity contribution is 5.78. The molecule has 6 heteroatoms. The first-order chi connectivity index (χ1) is 9.63. The lowest BCUT2D eigenvalue weighted by atomic mass is 10.1. The van der Waals surface area contributed by atoms with Crippen LogP contribution in [0.25, 0.3) is 11.2 Å². The van der Waals surface area contributed by atoms with E-state index in [4.69, 9.17) is 5.73 Å². The molecule has 6 nitrogen and oxygen atoms in total. The number of hydrogen-bond donors (Lipinski definition) is 2. The molecule has 2 atom stereocenters. The molecule has 2 unspecified atom stereocenters. The molecule has 0 bridgehead atoms. The van der Waals surface area contributed by atoms with Crippen molar-refractivity contribution in [1.29, 1.82) is 0 Å². The van der Waals surface area contributed by atoms with Gasteiger partial charge in [-0.3, -0.25) is 9.25 Å². The maximum atomic E-state index is 10.4. The van der Waals surface area contributed by atoms with E-state index in [0.717, 1.165) is 49.0 Å². The number of imidazole rings is 1. The van der Waals surface area contributed by atoms with Crippen LogP contribution in [0.1, 0.15) is 50.8 Å². The third kappa shape index (κ3) is 1.98. The quantitative estimate of drug-likeness (QED) is 0.820. The number of nitrogens with zero attached hydrogens (tertiary/aromatic N) is 4. The second-order valence-electron chi connectivity index (χ2n) is 5.71. The van der Waals surface area contributed by atoms with Crippen LogP contribution in [0.3, 0.4) is 0 Å². The summed E-state index contributed by atoms with van der Waals surface area (Å²) in [4.78, 5) is 4.49. The summed E-state index contributed by atoms with van der Waals surface area (Å²) < 4.78 is 3.84. The van der Waals surface area contributed by atoms with Crippen LogP contribution in [0.15, 0.2) is 0 Å². The van der Waals surface area contributed by atoms with E-state index in [1.165, 1.54) is 6.42 Å². The number of fused-ring (bicyclic) bond motifs is 1. The Hall–Kier alpha value is -1.56. The average molecular weight is 277 g/mol. The minimum Gasteiger partial charge on any atom is -0.391 e. The highest BCUT2D eigenvalue weighted by atomic mass is 16.3. The number of aromatic nitrogens is 4. The van der Waals surface area contributed by atoms with E-state index in [1.807, 2.05) is 16.3 Å². The van der Waals surface area contributed by atoms with Crippen molar-refractivity contribution in [3.8, 4) is 0 Å². The van der Waals surface area contributed by atoms with E-state index in [2.05, 4.69) is 17.0 Å². The van der Waals surface area contributed by atoms with Crippen molar-refractivity contribution in [3.63, 3.8) is 0 Å². The predicted octanol–water partition coefficient (Wildman–Crippen LogP) is 1.78. The maximum absolute atomic E-state index is 10.4. The Bertz CT molecular complexity index is 615. The number of aliphatic hydroxyl groups is 1. The molecule has 1 aliphatic rings. The van der Waals surface area contributed by atoms with Gasteiger partial charge in [-0.1, -0.05) is 26.2 Å². The molecule has 3 N–H and O–H groups in total. The molecular weight excluding hydrogens is 254 g/mol. The van der Waals surface area contributed by atoms with Gasteiger partial charge in [-0.15, -0.1) is 0 Å². The molecule has 1 fully saturated rings. The van der Waals surface area contributed by atoms with Crippen molar-refractivity contribution in [2.24, 2.45) is 7.05 Å². The van der Waals surface area contributed by atoms with Crippen molar-refractivity contribution in [1.82, 2.24) is 19.3 Å². The first-order valence-electron chi connectivity index (χ1n) is 7.50. The van der Waals surface area contributed by atoms with Crippen molar-refractivity contribution in [2.45, 2.75) is 57.6 Å². The van der Waals surface area contributed by atoms with Gasteiger partial charge in [0.25, 0.3) is 0 Å². The van der Waals surface area contributed by atoms with Crippen molar-refractivity contribution in [2.75, 3.05) is 5.73 Å². The van der Waals surface area contributed by atoms with Crippen molar-refractivity contribution < 1.29 is 5.11 Å². The molecule has 3 rings (SSSR count). The Balaban J connectivity index is 2.14. The van der Waals surface area contributed by atoms with Gasteiger partial charge in [0.1, 0.15) is 5.52 Å². The maximum Gasteiger partial charge on any atom is 0.202 e. The first kappa shape index (κ1) is 13.4. The topological polar surface area (TPSA) is 81.9 Å². The molecule has 2 aromatic heterocycles. The largest absolute Gasteiger partial charge is 0.391 e. The number of nitrogens with two attached hydrogens (primary N) is 1. The fourth-order valence-corrected chi connectivity index (χ4v) is 3.35. The van der Waals surface area contributed by atoms with Gasteiger partial charge in [0, 0.05) is 7.05 Å². The molecule has 1 aliphatic carbocycles. The zero-order valence-corrected chi connectivity index (χ0v) is 12.2. The minimum absolute atomic E-state index is 0.0163. The van der Waals surface area contributed by atoms with Gasteiger partial charge in [0.15, 0.2) is 5.65 Å². The van der Waals surface area contributed by atoms with Crippen molar-refractivity contribution >= 4 is 17.1 Å². The van der Waals surface area contributed by atoms with Crippen LogP contribution in [-0.2, 0) is 13.5 Å². The molecule has 1 saturated carbocycles. The summed E-state index contributed by atoms with van der Waals surface area (Å²) in [5, 5.41) is 14.9. The Kier molecular flexibility index (Phi) is 3.41. The summed E-state index contributed by atoms with van der Waals surface area (Å²) in [5.41, 5.74) is 8.92. The molecule has 0 aliphatic heterocycles. The third-order valence-electron chi connectivity index (χ3n) is 4.37.